The molecule has 1 aromatic carbocycles. The summed E-state index contributed by atoms with van der Waals surface area (Å²) in [6, 6.07) is 8.88. The van der Waals surface area contributed by atoms with Crippen LogP contribution in [-0.4, -0.2) is 27.7 Å². The Balaban J connectivity index is 1.47. The predicted octanol–water partition coefficient (Wildman–Crippen LogP) is 3.51. The van der Waals surface area contributed by atoms with Gasteiger partial charge in [-0.25, -0.2) is 0 Å². The summed E-state index contributed by atoms with van der Waals surface area (Å²) in [5.41, 5.74) is 1.63. The molecular weight excluding hydrogens is 334 g/mol. The second-order valence-electron chi connectivity index (χ2n) is 6.44. The Morgan fingerprint density at radius 1 is 1.35 bits per heavy atom. The molecule has 7 nitrogen and oxygen atoms in total. The number of para-hydroxylation sites is 1. The van der Waals surface area contributed by atoms with E-state index in [1.807, 2.05) is 12.1 Å². The van der Waals surface area contributed by atoms with E-state index in [4.69, 9.17) is 8.94 Å². The van der Waals surface area contributed by atoms with Gasteiger partial charge in [0.1, 0.15) is 5.75 Å². The van der Waals surface area contributed by atoms with Gasteiger partial charge in [-0.3, -0.25) is 4.79 Å². The fourth-order valence-electron chi connectivity index (χ4n) is 3.29. The number of benzene rings is 1. The van der Waals surface area contributed by atoms with Gasteiger partial charge in [0.25, 0.3) is 0 Å². The lowest BCUT2D eigenvalue weighted by Crippen LogP contribution is -2.36. The van der Waals surface area contributed by atoms with Gasteiger partial charge in [-0.05, 0) is 36.1 Å². The highest BCUT2D eigenvalue weighted by Crippen LogP contribution is 2.41. The maximum absolute atomic E-state index is 12.7. The van der Waals surface area contributed by atoms with E-state index in [0.717, 1.165) is 12.0 Å². The number of furan rings is 1. The number of anilines is 1. The zero-order valence-corrected chi connectivity index (χ0v) is 14.4. The van der Waals surface area contributed by atoms with Crippen LogP contribution in [0.5, 0.6) is 5.75 Å². The summed E-state index contributed by atoms with van der Waals surface area (Å²) in [5, 5.41) is 14.1. The third-order valence-corrected chi connectivity index (χ3v) is 4.70. The molecule has 4 rings (SSSR count). The Morgan fingerprint density at radius 3 is 3.04 bits per heavy atom. The Kier molecular flexibility index (Phi) is 4.20. The van der Waals surface area contributed by atoms with Crippen molar-refractivity contribution in [2.75, 3.05) is 11.4 Å². The minimum Gasteiger partial charge on any atom is -0.506 e. The Hall–Kier alpha value is -3.09. The van der Waals surface area contributed by atoms with E-state index in [1.54, 1.807) is 23.1 Å². The molecule has 0 fully saturated rings. The van der Waals surface area contributed by atoms with Crippen molar-refractivity contribution in [2.24, 2.45) is 0 Å². The highest BCUT2D eigenvalue weighted by Gasteiger charge is 2.29. The van der Waals surface area contributed by atoms with Gasteiger partial charge in [0, 0.05) is 19.4 Å². The van der Waals surface area contributed by atoms with Gasteiger partial charge in [-0.1, -0.05) is 24.2 Å². The molecule has 1 aliphatic heterocycles. The van der Waals surface area contributed by atoms with E-state index in [2.05, 4.69) is 17.1 Å². The summed E-state index contributed by atoms with van der Waals surface area (Å²) in [7, 11) is 0. The molecule has 0 spiro atoms. The van der Waals surface area contributed by atoms with Gasteiger partial charge in [-0.15, -0.1) is 0 Å². The van der Waals surface area contributed by atoms with Crippen molar-refractivity contribution in [2.45, 2.75) is 32.1 Å². The molecule has 7 heteroatoms. The van der Waals surface area contributed by atoms with Crippen LogP contribution in [0.3, 0.4) is 0 Å². The number of fused-ring (bicyclic) bond motifs is 1. The molecular formula is C19H19N3O4. The van der Waals surface area contributed by atoms with Gasteiger partial charge in [0.15, 0.2) is 5.76 Å². The monoisotopic (exact) mass is 353 g/mol. The van der Waals surface area contributed by atoms with E-state index < -0.39 is 0 Å². The number of phenolic OH excluding ortho intramolecular Hbond substituents is 1. The van der Waals surface area contributed by atoms with Gasteiger partial charge in [-0.2, -0.15) is 4.98 Å². The van der Waals surface area contributed by atoms with Crippen LogP contribution < -0.4 is 4.90 Å². The zero-order valence-electron chi connectivity index (χ0n) is 14.4. The Labute approximate surface area is 150 Å². The summed E-state index contributed by atoms with van der Waals surface area (Å²) < 4.78 is 10.4. The second kappa shape index (κ2) is 6.67. The fraction of sp³-hybridized carbons (Fsp3) is 0.316. The van der Waals surface area contributed by atoms with Crippen LogP contribution in [0.4, 0.5) is 5.69 Å². The average Bonchev–Trinajstić information content (AvgIpc) is 3.32. The molecule has 0 aliphatic carbocycles. The number of rotatable bonds is 4. The van der Waals surface area contributed by atoms with Crippen LogP contribution in [0, 0.1) is 0 Å². The molecule has 0 saturated heterocycles. The van der Waals surface area contributed by atoms with Crippen molar-refractivity contribution < 1.29 is 18.8 Å². The SMILES string of the molecule is CC1CCN(C(=O)CCc2nc(-c3ccco3)no2)c2c(O)cccc21. The molecule has 1 unspecified atom stereocenters. The average molecular weight is 353 g/mol. The van der Waals surface area contributed by atoms with Gasteiger partial charge in [0.05, 0.1) is 12.0 Å². The Morgan fingerprint density at radius 2 is 2.23 bits per heavy atom. The minimum atomic E-state index is -0.0719. The number of hydrogen-bond donors (Lipinski definition) is 1. The number of hydrogen-bond acceptors (Lipinski definition) is 6. The summed E-state index contributed by atoms with van der Waals surface area (Å²) in [5.74, 6) is 1.65. The number of amides is 1. The van der Waals surface area contributed by atoms with Crippen LogP contribution in [0.2, 0.25) is 0 Å². The maximum Gasteiger partial charge on any atom is 0.238 e. The molecule has 0 bridgehead atoms. The molecule has 3 heterocycles. The first-order valence-corrected chi connectivity index (χ1v) is 8.62. The standard InChI is InChI=1S/C19H19N3O4/c1-12-9-10-22(18-13(12)4-2-5-14(18)23)17(24)8-7-16-20-19(21-26-16)15-6-3-11-25-15/h2-6,11-12,23H,7-10H2,1H3. The summed E-state index contributed by atoms with van der Waals surface area (Å²) in [4.78, 5) is 18.6. The summed E-state index contributed by atoms with van der Waals surface area (Å²) in [6.45, 7) is 2.70. The molecule has 134 valence electrons. The van der Waals surface area contributed by atoms with Gasteiger partial charge >= 0.3 is 0 Å². The number of phenols is 1. The molecule has 26 heavy (non-hydrogen) atoms. The fourth-order valence-corrected chi connectivity index (χ4v) is 3.29. The number of nitrogens with zero attached hydrogens (tertiary/aromatic N) is 3. The molecule has 1 N–H and O–H groups in total. The zero-order chi connectivity index (χ0) is 18.1. The van der Waals surface area contributed by atoms with Crippen LogP contribution >= 0.6 is 0 Å². The molecule has 3 aromatic rings. The number of aromatic hydroxyl groups is 1. The lowest BCUT2D eigenvalue weighted by Gasteiger charge is -2.33. The van der Waals surface area contributed by atoms with Crippen molar-refractivity contribution in [1.29, 1.82) is 0 Å². The lowest BCUT2D eigenvalue weighted by molar-refractivity contribution is -0.118. The van der Waals surface area contributed by atoms with E-state index in [-0.39, 0.29) is 18.1 Å². The van der Waals surface area contributed by atoms with Crippen LogP contribution in [0.15, 0.2) is 45.5 Å². The molecule has 1 aliphatic rings. The molecule has 2 aromatic heterocycles. The van der Waals surface area contributed by atoms with E-state index >= 15 is 0 Å². The van der Waals surface area contributed by atoms with E-state index in [9.17, 15) is 9.90 Å². The van der Waals surface area contributed by atoms with Crippen LogP contribution in [0.25, 0.3) is 11.6 Å². The first-order valence-electron chi connectivity index (χ1n) is 8.62. The maximum atomic E-state index is 12.7. The molecule has 1 amide bonds. The highest BCUT2D eigenvalue weighted by molar-refractivity contribution is 5.96. The van der Waals surface area contributed by atoms with Crippen molar-refractivity contribution in [3.63, 3.8) is 0 Å². The topological polar surface area (TPSA) is 92.6 Å². The minimum absolute atomic E-state index is 0.0719. The molecule has 1 atom stereocenters. The first-order chi connectivity index (χ1) is 12.6. The van der Waals surface area contributed by atoms with E-state index in [0.29, 0.717) is 42.0 Å². The lowest BCUT2D eigenvalue weighted by atomic mass is 9.91. The van der Waals surface area contributed by atoms with Gasteiger partial charge in [0.2, 0.25) is 17.6 Å². The largest absolute Gasteiger partial charge is 0.506 e. The quantitative estimate of drug-likeness (QED) is 0.771. The smallest absolute Gasteiger partial charge is 0.238 e. The van der Waals surface area contributed by atoms with Gasteiger partial charge < -0.3 is 18.9 Å². The molecule has 0 radical (unpaired) electrons. The van der Waals surface area contributed by atoms with Crippen LogP contribution in [-0.2, 0) is 11.2 Å². The normalized spacial score (nSPS) is 16.5. The van der Waals surface area contributed by atoms with Crippen molar-refractivity contribution >= 4 is 11.6 Å². The third-order valence-electron chi connectivity index (χ3n) is 4.70. The van der Waals surface area contributed by atoms with E-state index in [1.165, 1.54) is 6.26 Å². The van der Waals surface area contributed by atoms with Crippen LogP contribution in [0.1, 0.15) is 37.1 Å². The summed E-state index contributed by atoms with van der Waals surface area (Å²) in [6.07, 6.45) is 2.96. The first kappa shape index (κ1) is 16.4. The highest BCUT2D eigenvalue weighted by atomic mass is 16.5. The summed E-state index contributed by atoms with van der Waals surface area (Å²) >= 11 is 0. The number of aromatic nitrogens is 2. The second-order valence-corrected chi connectivity index (χ2v) is 6.44. The predicted molar refractivity (Wildman–Crippen MR) is 93.8 cm³/mol. The van der Waals surface area contributed by atoms with Crippen molar-refractivity contribution in [3.8, 4) is 17.3 Å². The van der Waals surface area contributed by atoms with Crippen molar-refractivity contribution in [1.82, 2.24) is 10.1 Å². The Bertz CT molecular complexity index is 917. The molecule has 0 saturated carbocycles. The third kappa shape index (κ3) is 2.96. The number of aryl methyl sites for hydroxylation is 1. The number of carbonyl (C=O) groups is 1. The number of carbonyl (C=O) groups excluding carboxylic acids is 1. The van der Waals surface area contributed by atoms with Crippen molar-refractivity contribution in [3.05, 3.63) is 48.0 Å².